The van der Waals surface area contributed by atoms with E-state index in [2.05, 4.69) is 34.9 Å². The van der Waals surface area contributed by atoms with Gasteiger partial charge < -0.3 is 24.8 Å². The number of rotatable bonds is 6. The third-order valence-corrected chi connectivity index (χ3v) is 6.91. The number of methoxy groups -OCH3 is 2. The molecule has 6 heteroatoms. The molecule has 5 rings (SSSR count). The van der Waals surface area contributed by atoms with Crippen LogP contribution in [0.5, 0.6) is 11.5 Å². The monoisotopic (exact) mass is 434 g/mol. The van der Waals surface area contributed by atoms with E-state index < -0.39 is 0 Å². The summed E-state index contributed by atoms with van der Waals surface area (Å²) in [5, 5.41) is 6.77. The number of amides is 1. The number of nitrogens with one attached hydrogen (secondary N) is 2. The molecule has 1 amide bonds. The summed E-state index contributed by atoms with van der Waals surface area (Å²) in [7, 11) is 3.31. The molecule has 0 radical (unpaired) electrons. The van der Waals surface area contributed by atoms with Gasteiger partial charge in [0.1, 0.15) is 0 Å². The third kappa shape index (κ3) is 3.84. The van der Waals surface area contributed by atoms with E-state index in [4.69, 9.17) is 14.2 Å². The molecule has 2 aromatic rings. The van der Waals surface area contributed by atoms with Crippen molar-refractivity contribution in [3.63, 3.8) is 0 Å². The minimum atomic E-state index is -0.0381. The van der Waals surface area contributed by atoms with E-state index >= 15 is 0 Å². The lowest BCUT2D eigenvalue weighted by atomic mass is 9.76. The molecule has 2 aromatic carbocycles. The zero-order chi connectivity index (χ0) is 22.1. The fraction of sp³-hybridized carbons (Fsp3) is 0.423. The molecular formula is C26H30N2O4. The maximum atomic E-state index is 12.8. The summed E-state index contributed by atoms with van der Waals surface area (Å²) in [6.07, 6.45) is 7.76. The van der Waals surface area contributed by atoms with Gasteiger partial charge in [-0.25, -0.2) is 0 Å². The molecule has 1 aliphatic carbocycles. The lowest BCUT2D eigenvalue weighted by molar-refractivity contribution is 0.0857. The van der Waals surface area contributed by atoms with Crippen LogP contribution in [-0.4, -0.2) is 39.4 Å². The lowest BCUT2D eigenvalue weighted by Crippen LogP contribution is -2.32. The van der Waals surface area contributed by atoms with Gasteiger partial charge in [0.15, 0.2) is 11.5 Å². The van der Waals surface area contributed by atoms with Gasteiger partial charge in [0.25, 0.3) is 5.91 Å². The van der Waals surface area contributed by atoms with Crippen molar-refractivity contribution in [2.75, 3.05) is 32.7 Å². The predicted octanol–water partition coefficient (Wildman–Crippen LogP) is 4.44. The summed E-state index contributed by atoms with van der Waals surface area (Å²) in [4.78, 5) is 12.8. The molecule has 32 heavy (non-hydrogen) atoms. The fourth-order valence-electron chi connectivity index (χ4n) is 5.23. The van der Waals surface area contributed by atoms with Crippen LogP contribution in [0.1, 0.15) is 52.7 Å². The van der Waals surface area contributed by atoms with E-state index in [1.807, 2.05) is 24.3 Å². The summed E-state index contributed by atoms with van der Waals surface area (Å²) < 4.78 is 16.6. The van der Waals surface area contributed by atoms with Gasteiger partial charge in [-0.3, -0.25) is 4.79 Å². The molecule has 2 aliphatic heterocycles. The number of carbonyl (C=O) groups is 1. The van der Waals surface area contributed by atoms with E-state index in [-0.39, 0.29) is 24.0 Å². The molecule has 0 spiro atoms. The van der Waals surface area contributed by atoms with Crippen LogP contribution in [0.15, 0.2) is 48.6 Å². The largest absolute Gasteiger partial charge is 0.493 e. The maximum Gasteiger partial charge on any atom is 0.251 e. The second kappa shape index (κ2) is 8.87. The molecule has 168 valence electrons. The van der Waals surface area contributed by atoms with Crippen LogP contribution in [0, 0.1) is 5.92 Å². The second-order valence-electron chi connectivity index (χ2n) is 8.74. The third-order valence-electron chi connectivity index (χ3n) is 6.91. The molecule has 1 fully saturated rings. The average Bonchev–Trinajstić information content (AvgIpc) is 3.53. The van der Waals surface area contributed by atoms with Crippen LogP contribution < -0.4 is 20.1 Å². The Bertz CT molecular complexity index is 1030. The molecule has 2 heterocycles. The Labute approximate surface area is 188 Å². The van der Waals surface area contributed by atoms with Crippen LogP contribution in [0.25, 0.3) is 0 Å². The highest BCUT2D eigenvalue weighted by atomic mass is 16.5. The Hall–Kier alpha value is -2.99. The lowest BCUT2D eigenvalue weighted by Gasteiger charge is -2.38. The Morgan fingerprint density at radius 1 is 1.16 bits per heavy atom. The van der Waals surface area contributed by atoms with Crippen molar-refractivity contribution in [3.8, 4) is 11.5 Å². The average molecular weight is 435 g/mol. The Morgan fingerprint density at radius 3 is 2.81 bits per heavy atom. The smallest absolute Gasteiger partial charge is 0.251 e. The summed E-state index contributed by atoms with van der Waals surface area (Å²) in [6, 6.07) is 12.3. The van der Waals surface area contributed by atoms with E-state index in [1.165, 1.54) is 11.1 Å². The van der Waals surface area contributed by atoms with Gasteiger partial charge in [0, 0.05) is 30.3 Å². The molecule has 4 unspecified atom stereocenters. The number of carbonyl (C=O) groups excluding carboxylic acids is 1. The van der Waals surface area contributed by atoms with Crippen molar-refractivity contribution in [2.24, 2.45) is 5.92 Å². The first kappa shape index (κ1) is 20.9. The number of benzene rings is 2. The van der Waals surface area contributed by atoms with Gasteiger partial charge in [-0.05, 0) is 66.6 Å². The van der Waals surface area contributed by atoms with Crippen molar-refractivity contribution < 1.29 is 19.0 Å². The van der Waals surface area contributed by atoms with Crippen LogP contribution in [-0.2, 0) is 4.74 Å². The van der Waals surface area contributed by atoms with Crippen LogP contribution in [0.4, 0.5) is 5.69 Å². The first-order chi connectivity index (χ1) is 15.7. The van der Waals surface area contributed by atoms with Crippen molar-refractivity contribution >= 4 is 11.6 Å². The summed E-state index contributed by atoms with van der Waals surface area (Å²) >= 11 is 0. The highest BCUT2D eigenvalue weighted by molar-refractivity contribution is 5.95. The molecule has 6 nitrogen and oxygen atoms in total. The van der Waals surface area contributed by atoms with Gasteiger partial charge in [0.2, 0.25) is 0 Å². The van der Waals surface area contributed by atoms with Crippen LogP contribution in [0.3, 0.4) is 0 Å². The Morgan fingerprint density at radius 2 is 2.03 bits per heavy atom. The number of anilines is 1. The molecule has 2 N–H and O–H groups in total. The zero-order valence-electron chi connectivity index (χ0n) is 18.6. The number of hydrogen-bond acceptors (Lipinski definition) is 5. The first-order valence-corrected chi connectivity index (χ1v) is 11.4. The normalized spacial score (nSPS) is 25.6. The van der Waals surface area contributed by atoms with E-state index in [1.54, 1.807) is 14.2 Å². The topological polar surface area (TPSA) is 68.8 Å². The predicted molar refractivity (Wildman–Crippen MR) is 124 cm³/mol. The van der Waals surface area contributed by atoms with E-state index in [0.717, 1.165) is 43.1 Å². The molecule has 1 saturated heterocycles. The minimum Gasteiger partial charge on any atom is -0.493 e. The minimum absolute atomic E-state index is 0.0381. The quantitative estimate of drug-likeness (QED) is 0.658. The van der Waals surface area contributed by atoms with Crippen molar-refractivity contribution in [2.45, 2.75) is 37.3 Å². The van der Waals surface area contributed by atoms with Gasteiger partial charge in [-0.1, -0.05) is 18.2 Å². The van der Waals surface area contributed by atoms with Gasteiger partial charge in [0.05, 0.1) is 26.4 Å². The Kier molecular flexibility index (Phi) is 5.79. The number of hydrogen-bond donors (Lipinski definition) is 2. The Balaban J connectivity index is 1.39. The molecule has 0 aromatic heterocycles. The molecule has 0 bridgehead atoms. The molecule has 4 atom stereocenters. The highest BCUT2D eigenvalue weighted by Gasteiger charge is 2.38. The fourth-order valence-corrected chi connectivity index (χ4v) is 5.23. The summed E-state index contributed by atoms with van der Waals surface area (Å²) in [6.45, 7) is 1.36. The van der Waals surface area contributed by atoms with Gasteiger partial charge in [-0.2, -0.15) is 0 Å². The van der Waals surface area contributed by atoms with Crippen LogP contribution >= 0.6 is 0 Å². The summed E-state index contributed by atoms with van der Waals surface area (Å²) in [5.74, 6) is 2.08. The van der Waals surface area contributed by atoms with E-state index in [0.29, 0.717) is 18.0 Å². The standard InChI is InChI=1S/C26H30N2O4/c1-30-23-11-9-16(14-24(23)31-2)25-20-7-3-6-19(20)21-13-17(8-10-22(21)28-25)26(29)27-15-18-5-4-12-32-18/h3,6,8-11,13-14,18-20,25,28H,4-5,7,12,15H2,1-2H3,(H,27,29). The number of fused-ring (bicyclic) bond motifs is 3. The van der Waals surface area contributed by atoms with Gasteiger partial charge in [-0.15, -0.1) is 0 Å². The molecule has 3 aliphatic rings. The van der Waals surface area contributed by atoms with Crippen molar-refractivity contribution in [1.29, 1.82) is 0 Å². The summed E-state index contributed by atoms with van der Waals surface area (Å²) in [5.41, 5.74) is 4.14. The number of ether oxygens (including phenoxy) is 3. The van der Waals surface area contributed by atoms with Crippen LogP contribution in [0.2, 0.25) is 0 Å². The molecular weight excluding hydrogens is 404 g/mol. The SMILES string of the molecule is COc1ccc(C2Nc3ccc(C(=O)NCC4CCCO4)cc3C3C=CCC32)cc1OC. The highest BCUT2D eigenvalue weighted by Crippen LogP contribution is 2.50. The van der Waals surface area contributed by atoms with Crippen molar-refractivity contribution in [1.82, 2.24) is 5.32 Å². The second-order valence-corrected chi connectivity index (χ2v) is 8.74. The number of allylic oxidation sites excluding steroid dienone is 2. The van der Waals surface area contributed by atoms with Crippen molar-refractivity contribution in [3.05, 3.63) is 65.2 Å². The first-order valence-electron chi connectivity index (χ1n) is 11.4. The zero-order valence-corrected chi connectivity index (χ0v) is 18.6. The maximum absolute atomic E-state index is 12.8. The van der Waals surface area contributed by atoms with Gasteiger partial charge >= 0.3 is 0 Å². The molecule has 0 saturated carbocycles. The van der Waals surface area contributed by atoms with E-state index in [9.17, 15) is 4.79 Å².